The maximum atomic E-state index is 5.57. The van der Waals surface area contributed by atoms with Crippen molar-refractivity contribution >= 4 is 0 Å². The van der Waals surface area contributed by atoms with E-state index in [0.717, 1.165) is 18.3 Å². The van der Waals surface area contributed by atoms with Crippen LogP contribution in [0.4, 0.5) is 0 Å². The molecular formula is C11H16N4. The summed E-state index contributed by atoms with van der Waals surface area (Å²) < 4.78 is 2.11. The number of aromatic nitrogens is 3. The molecule has 2 aliphatic carbocycles. The lowest BCUT2D eigenvalue weighted by Gasteiger charge is -2.17. The van der Waals surface area contributed by atoms with E-state index in [2.05, 4.69) is 26.9 Å². The van der Waals surface area contributed by atoms with Crippen LogP contribution in [0.25, 0.3) is 0 Å². The van der Waals surface area contributed by atoms with Crippen LogP contribution in [-0.2, 0) is 6.54 Å². The van der Waals surface area contributed by atoms with Crippen LogP contribution < -0.4 is 5.73 Å². The van der Waals surface area contributed by atoms with Crippen molar-refractivity contribution in [2.24, 2.45) is 17.6 Å². The van der Waals surface area contributed by atoms with Crippen molar-refractivity contribution in [2.75, 3.05) is 6.54 Å². The largest absolute Gasteiger partial charge is 0.329 e. The highest BCUT2D eigenvalue weighted by molar-refractivity contribution is 5.18. The normalized spacial score (nSPS) is 32.7. The second kappa shape index (κ2) is 3.45. The summed E-state index contributed by atoms with van der Waals surface area (Å²) in [4.78, 5) is 0. The summed E-state index contributed by atoms with van der Waals surface area (Å²) in [6, 6.07) is 0. The van der Waals surface area contributed by atoms with Crippen molar-refractivity contribution in [3.05, 3.63) is 24.3 Å². The quantitative estimate of drug-likeness (QED) is 0.745. The van der Waals surface area contributed by atoms with E-state index in [0.29, 0.717) is 18.4 Å². The molecule has 1 saturated carbocycles. The molecule has 0 aliphatic heterocycles. The number of fused-ring (bicyclic) bond motifs is 2. The zero-order chi connectivity index (χ0) is 10.3. The van der Waals surface area contributed by atoms with E-state index in [-0.39, 0.29) is 0 Å². The fraction of sp³-hybridized carbons (Fsp3) is 0.636. The van der Waals surface area contributed by atoms with Gasteiger partial charge in [0.05, 0.1) is 0 Å². The highest BCUT2D eigenvalue weighted by atomic mass is 15.3. The lowest BCUT2D eigenvalue weighted by molar-refractivity contribution is 0.513. The third-order valence-electron chi connectivity index (χ3n) is 3.63. The van der Waals surface area contributed by atoms with Crippen LogP contribution in [0, 0.1) is 11.8 Å². The molecule has 1 fully saturated rings. The predicted octanol–water partition coefficient (Wildman–Crippen LogP) is 0.916. The van der Waals surface area contributed by atoms with E-state index in [1.165, 1.54) is 12.8 Å². The summed E-state index contributed by atoms with van der Waals surface area (Å²) in [5.41, 5.74) is 5.57. The smallest absolute Gasteiger partial charge is 0.136 e. The van der Waals surface area contributed by atoms with Crippen molar-refractivity contribution in [1.29, 1.82) is 0 Å². The highest BCUT2D eigenvalue weighted by Crippen LogP contribution is 2.48. The van der Waals surface area contributed by atoms with Gasteiger partial charge in [-0.15, -0.1) is 10.2 Å². The third-order valence-corrected chi connectivity index (χ3v) is 3.63. The van der Waals surface area contributed by atoms with E-state index in [9.17, 15) is 0 Å². The molecule has 1 heterocycles. The second-order valence-corrected chi connectivity index (χ2v) is 4.56. The summed E-state index contributed by atoms with van der Waals surface area (Å²) in [7, 11) is 0. The summed E-state index contributed by atoms with van der Waals surface area (Å²) in [5, 5.41) is 8.26. The molecule has 4 nitrogen and oxygen atoms in total. The van der Waals surface area contributed by atoms with Crippen LogP contribution in [-0.4, -0.2) is 21.3 Å². The molecule has 2 N–H and O–H groups in total. The molecule has 1 aromatic rings. The van der Waals surface area contributed by atoms with Gasteiger partial charge in [-0.2, -0.15) is 0 Å². The Morgan fingerprint density at radius 1 is 1.40 bits per heavy atom. The van der Waals surface area contributed by atoms with Crippen LogP contribution in [0.15, 0.2) is 18.5 Å². The molecule has 0 spiro atoms. The number of rotatable bonds is 3. The van der Waals surface area contributed by atoms with E-state index < -0.39 is 0 Å². The minimum atomic E-state index is 0.578. The molecule has 0 amide bonds. The first kappa shape index (κ1) is 9.09. The van der Waals surface area contributed by atoms with Crippen LogP contribution >= 0.6 is 0 Å². The summed E-state index contributed by atoms with van der Waals surface area (Å²) >= 11 is 0. The Morgan fingerprint density at radius 3 is 3.00 bits per heavy atom. The van der Waals surface area contributed by atoms with E-state index in [1.54, 1.807) is 6.33 Å². The van der Waals surface area contributed by atoms with Crippen molar-refractivity contribution in [2.45, 2.75) is 25.3 Å². The molecule has 2 bridgehead atoms. The Labute approximate surface area is 89.2 Å². The van der Waals surface area contributed by atoms with Gasteiger partial charge in [-0.05, 0) is 24.7 Å². The number of hydrogen-bond donors (Lipinski definition) is 1. The minimum Gasteiger partial charge on any atom is -0.329 e. The topological polar surface area (TPSA) is 56.7 Å². The van der Waals surface area contributed by atoms with Gasteiger partial charge in [0, 0.05) is 19.0 Å². The van der Waals surface area contributed by atoms with E-state index in [4.69, 9.17) is 5.73 Å². The first-order valence-electron chi connectivity index (χ1n) is 5.64. The Bertz CT molecular complexity index is 382. The number of hydrogen-bond acceptors (Lipinski definition) is 3. The molecule has 3 atom stereocenters. The predicted molar refractivity (Wildman–Crippen MR) is 57.2 cm³/mol. The van der Waals surface area contributed by atoms with Gasteiger partial charge in [-0.25, -0.2) is 0 Å². The van der Waals surface area contributed by atoms with Crippen molar-refractivity contribution in [3.8, 4) is 0 Å². The third kappa shape index (κ3) is 1.40. The Balaban J connectivity index is 1.86. The number of nitrogens with two attached hydrogens (primary N) is 1. The molecule has 80 valence electrons. The second-order valence-electron chi connectivity index (χ2n) is 4.56. The van der Waals surface area contributed by atoms with E-state index >= 15 is 0 Å². The van der Waals surface area contributed by atoms with Crippen LogP contribution in [0.5, 0.6) is 0 Å². The van der Waals surface area contributed by atoms with Gasteiger partial charge in [0.1, 0.15) is 12.2 Å². The number of nitrogens with zero attached hydrogens (tertiary/aromatic N) is 3. The van der Waals surface area contributed by atoms with Gasteiger partial charge >= 0.3 is 0 Å². The highest BCUT2D eigenvalue weighted by Gasteiger charge is 2.38. The molecule has 4 heteroatoms. The van der Waals surface area contributed by atoms with Gasteiger partial charge in [0.15, 0.2) is 0 Å². The Kier molecular flexibility index (Phi) is 2.09. The average Bonchev–Trinajstić information content (AvgIpc) is 2.91. The Hall–Kier alpha value is -1.16. The van der Waals surface area contributed by atoms with Gasteiger partial charge in [0.2, 0.25) is 0 Å². The summed E-state index contributed by atoms with van der Waals surface area (Å²) in [6.07, 6.45) is 9.05. The number of allylic oxidation sites excluding steroid dienone is 2. The standard InChI is InChI=1S/C11H16N4/c12-3-4-15-7-13-14-11(15)10-6-8-1-2-9(10)5-8/h1-2,7-10H,3-6,12H2. The fourth-order valence-corrected chi connectivity index (χ4v) is 2.94. The molecular weight excluding hydrogens is 188 g/mol. The first-order chi connectivity index (χ1) is 7.38. The Morgan fingerprint density at radius 2 is 2.33 bits per heavy atom. The summed E-state index contributed by atoms with van der Waals surface area (Å²) in [5.74, 6) is 3.19. The molecule has 3 rings (SSSR count). The molecule has 2 aliphatic rings. The van der Waals surface area contributed by atoms with Crippen molar-refractivity contribution in [1.82, 2.24) is 14.8 Å². The van der Waals surface area contributed by atoms with E-state index in [1.807, 2.05) is 0 Å². The van der Waals surface area contributed by atoms with Gasteiger partial charge in [0.25, 0.3) is 0 Å². The molecule has 3 unspecified atom stereocenters. The molecule has 0 saturated heterocycles. The van der Waals surface area contributed by atoms with Crippen LogP contribution in [0.1, 0.15) is 24.6 Å². The lowest BCUT2D eigenvalue weighted by atomic mass is 9.93. The van der Waals surface area contributed by atoms with Crippen LogP contribution in [0.2, 0.25) is 0 Å². The van der Waals surface area contributed by atoms with Gasteiger partial charge < -0.3 is 10.3 Å². The lowest BCUT2D eigenvalue weighted by Crippen LogP contribution is -2.16. The maximum Gasteiger partial charge on any atom is 0.136 e. The molecule has 0 radical (unpaired) electrons. The summed E-state index contributed by atoms with van der Waals surface area (Å²) in [6.45, 7) is 1.49. The fourth-order valence-electron chi connectivity index (χ4n) is 2.94. The molecule has 1 aromatic heterocycles. The van der Waals surface area contributed by atoms with Gasteiger partial charge in [-0.3, -0.25) is 0 Å². The van der Waals surface area contributed by atoms with Crippen molar-refractivity contribution in [3.63, 3.8) is 0 Å². The van der Waals surface area contributed by atoms with Gasteiger partial charge in [-0.1, -0.05) is 12.2 Å². The SMILES string of the molecule is NCCn1cnnc1C1CC2C=CC1C2. The first-order valence-corrected chi connectivity index (χ1v) is 5.64. The van der Waals surface area contributed by atoms with Crippen LogP contribution in [0.3, 0.4) is 0 Å². The monoisotopic (exact) mass is 204 g/mol. The maximum absolute atomic E-state index is 5.57. The molecule has 15 heavy (non-hydrogen) atoms. The zero-order valence-electron chi connectivity index (χ0n) is 8.71. The zero-order valence-corrected chi connectivity index (χ0v) is 8.71. The minimum absolute atomic E-state index is 0.578. The van der Waals surface area contributed by atoms with Crippen molar-refractivity contribution < 1.29 is 0 Å². The average molecular weight is 204 g/mol. The molecule has 0 aromatic carbocycles.